The highest BCUT2D eigenvalue weighted by Crippen LogP contribution is 2.32. The van der Waals surface area contributed by atoms with E-state index in [4.69, 9.17) is 4.74 Å². The summed E-state index contributed by atoms with van der Waals surface area (Å²) >= 11 is 0. The highest BCUT2D eigenvalue weighted by Gasteiger charge is 2.32. The van der Waals surface area contributed by atoms with E-state index in [1.165, 1.54) is 6.07 Å². The van der Waals surface area contributed by atoms with E-state index in [9.17, 15) is 18.0 Å². The van der Waals surface area contributed by atoms with Crippen LogP contribution >= 0.6 is 0 Å². The minimum atomic E-state index is -4.39. The van der Waals surface area contributed by atoms with Crippen LogP contribution in [0.1, 0.15) is 44.4 Å². The number of hydrogen-bond donors (Lipinski definition) is 2. The number of guanidine groups is 1. The molecule has 0 radical (unpaired) electrons. The van der Waals surface area contributed by atoms with Crippen LogP contribution in [0.4, 0.5) is 13.2 Å². The van der Waals surface area contributed by atoms with Crippen molar-refractivity contribution in [3.63, 3.8) is 0 Å². The Morgan fingerprint density at radius 2 is 2.14 bits per heavy atom. The van der Waals surface area contributed by atoms with Gasteiger partial charge in [0.05, 0.1) is 25.3 Å². The number of morpholine rings is 1. The first kappa shape index (κ1) is 23.0. The van der Waals surface area contributed by atoms with Gasteiger partial charge in [-0.15, -0.1) is 0 Å². The lowest BCUT2D eigenvalue weighted by Gasteiger charge is -2.35. The molecule has 1 fully saturated rings. The summed E-state index contributed by atoms with van der Waals surface area (Å²) in [5, 5.41) is 6.00. The quantitative estimate of drug-likeness (QED) is 0.555. The second-order valence-electron chi connectivity index (χ2n) is 7.14. The zero-order valence-electron chi connectivity index (χ0n) is 17.1. The molecule has 1 aliphatic heterocycles. The fourth-order valence-electron chi connectivity index (χ4n) is 3.04. The standard InChI is InChI=1S/C20H29F3N4O2/c1-4-24-19(25-9-8-18(28)26-14(2)3)27-10-11-29-17(13-27)15-6-5-7-16(12-15)20(21,22)23/h5-7,12,14,17H,4,8-11,13H2,1-3H3,(H,24,25)(H,26,28). The van der Waals surface area contributed by atoms with Gasteiger partial charge in [-0.1, -0.05) is 12.1 Å². The highest BCUT2D eigenvalue weighted by molar-refractivity contribution is 5.81. The molecule has 1 unspecified atom stereocenters. The molecule has 0 spiro atoms. The second-order valence-corrected chi connectivity index (χ2v) is 7.14. The van der Waals surface area contributed by atoms with Crippen molar-refractivity contribution >= 4 is 11.9 Å². The first-order valence-electron chi connectivity index (χ1n) is 9.82. The summed E-state index contributed by atoms with van der Waals surface area (Å²) < 4.78 is 44.8. The lowest BCUT2D eigenvalue weighted by atomic mass is 10.0. The zero-order chi connectivity index (χ0) is 21.4. The third-order valence-corrected chi connectivity index (χ3v) is 4.34. The Morgan fingerprint density at radius 3 is 2.79 bits per heavy atom. The summed E-state index contributed by atoms with van der Waals surface area (Å²) in [6.07, 6.45) is -4.61. The Hall–Kier alpha value is -2.29. The summed E-state index contributed by atoms with van der Waals surface area (Å²) in [6.45, 7) is 8.02. The number of nitrogens with zero attached hydrogens (tertiary/aromatic N) is 2. The number of alkyl halides is 3. The lowest BCUT2D eigenvalue weighted by Crippen LogP contribution is -2.48. The van der Waals surface area contributed by atoms with Gasteiger partial charge in [-0.3, -0.25) is 9.79 Å². The van der Waals surface area contributed by atoms with Crippen molar-refractivity contribution in [2.24, 2.45) is 4.99 Å². The summed E-state index contributed by atoms with van der Waals surface area (Å²) in [4.78, 5) is 18.3. The Balaban J connectivity index is 2.06. The molecule has 2 N–H and O–H groups in total. The summed E-state index contributed by atoms with van der Waals surface area (Å²) in [7, 11) is 0. The molecule has 6 nitrogen and oxygen atoms in total. The van der Waals surface area contributed by atoms with Crippen molar-refractivity contribution in [3.05, 3.63) is 35.4 Å². The number of benzene rings is 1. The summed E-state index contributed by atoms with van der Waals surface area (Å²) in [6, 6.07) is 5.30. The Bertz CT molecular complexity index is 707. The maximum atomic E-state index is 13.0. The van der Waals surface area contributed by atoms with Gasteiger partial charge in [-0.25, -0.2) is 0 Å². The fourth-order valence-corrected chi connectivity index (χ4v) is 3.04. The van der Waals surface area contributed by atoms with Crippen molar-refractivity contribution in [1.82, 2.24) is 15.5 Å². The number of amides is 1. The van der Waals surface area contributed by atoms with Crippen molar-refractivity contribution in [1.29, 1.82) is 0 Å². The SMILES string of the molecule is CCNC(=NCCC(=O)NC(C)C)N1CCOC(c2cccc(C(F)(F)F)c2)C1. The molecule has 0 bridgehead atoms. The Labute approximate surface area is 169 Å². The van der Waals surface area contributed by atoms with Crippen LogP contribution in [-0.2, 0) is 15.7 Å². The van der Waals surface area contributed by atoms with Gasteiger partial charge in [0.2, 0.25) is 5.91 Å². The predicted octanol–water partition coefficient (Wildman–Crippen LogP) is 2.96. The molecule has 1 amide bonds. The maximum Gasteiger partial charge on any atom is 0.416 e. The molecule has 162 valence electrons. The first-order valence-corrected chi connectivity index (χ1v) is 9.82. The number of ether oxygens (including phenoxy) is 1. The topological polar surface area (TPSA) is 66.0 Å². The number of halogens is 3. The van der Waals surface area contributed by atoms with E-state index in [1.54, 1.807) is 6.07 Å². The van der Waals surface area contributed by atoms with Gasteiger partial charge in [-0.05, 0) is 38.5 Å². The second kappa shape index (κ2) is 10.5. The van der Waals surface area contributed by atoms with Crippen molar-refractivity contribution in [2.45, 2.75) is 45.5 Å². The minimum absolute atomic E-state index is 0.0663. The largest absolute Gasteiger partial charge is 0.416 e. The molecule has 9 heteroatoms. The Kier molecular flexibility index (Phi) is 8.31. The molecule has 29 heavy (non-hydrogen) atoms. The first-order chi connectivity index (χ1) is 13.7. The lowest BCUT2D eigenvalue weighted by molar-refractivity contribution is -0.137. The molecule has 1 atom stereocenters. The molecular formula is C20H29F3N4O2. The molecule has 0 saturated carbocycles. The maximum absolute atomic E-state index is 13.0. The van der Waals surface area contributed by atoms with E-state index in [0.29, 0.717) is 44.3 Å². The van der Waals surface area contributed by atoms with E-state index in [-0.39, 0.29) is 18.4 Å². The molecule has 1 aliphatic rings. The van der Waals surface area contributed by atoms with Crippen LogP contribution in [0.5, 0.6) is 0 Å². The van der Waals surface area contributed by atoms with Crippen LogP contribution < -0.4 is 10.6 Å². The summed E-state index contributed by atoms with van der Waals surface area (Å²) in [5.74, 6) is 0.563. The van der Waals surface area contributed by atoms with Crippen LogP contribution in [-0.4, -0.2) is 55.6 Å². The van der Waals surface area contributed by atoms with E-state index in [0.717, 1.165) is 12.1 Å². The van der Waals surface area contributed by atoms with Crippen molar-refractivity contribution in [3.8, 4) is 0 Å². The number of rotatable bonds is 6. The monoisotopic (exact) mass is 414 g/mol. The third kappa shape index (κ3) is 7.23. The van der Waals surface area contributed by atoms with Gasteiger partial charge in [0.1, 0.15) is 6.10 Å². The van der Waals surface area contributed by atoms with E-state index in [2.05, 4.69) is 15.6 Å². The number of nitrogens with one attached hydrogen (secondary N) is 2. The van der Waals surface area contributed by atoms with E-state index in [1.807, 2.05) is 25.7 Å². The molecule has 2 rings (SSSR count). The number of aliphatic imine (C=N–C) groups is 1. The number of hydrogen-bond acceptors (Lipinski definition) is 3. The average molecular weight is 414 g/mol. The van der Waals surface area contributed by atoms with Crippen molar-refractivity contribution < 1.29 is 22.7 Å². The number of carbonyl (C=O) groups is 1. The summed E-state index contributed by atoms with van der Waals surface area (Å²) in [5.41, 5.74) is -0.204. The molecule has 0 aromatic heterocycles. The smallest absolute Gasteiger partial charge is 0.370 e. The van der Waals surface area contributed by atoms with Crippen LogP contribution in [0.2, 0.25) is 0 Å². The molecule has 1 aromatic carbocycles. The normalized spacial score (nSPS) is 18.1. The van der Waals surface area contributed by atoms with Crippen LogP contribution in [0.15, 0.2) is 29.3 Å². The van der Waals surface area contributed by atoms with Gasteiger partial charge in [0, 0.05) is 25.6 Å². The molecule has 1 saturated heterocycles. The van der Waals surface area contributed by atoms with Gasteiger partial charge >= 0.3 is 6.18 Å². The Morgan fingerprint density at radius 1 is 1.38 bits per heavy atom. The fraction of sp³-hybridized carbons (Fsp3) is 0.600. The molecule has 1 aromatic rings. The van der Waals surface area contributed by atoms with Gasteiger partial charge in [0.15, 0.2) is 5.96 Å². The predicted molar refractivity (Wildman–Crippen MR) is 106 cm³/mol. The van der Waals surface area contributed by atoms with Gasteiger partial charge in [0.25, 0.3) is 0 Å². The minimum Gasteiger partial charge on any atom is -0.370 e. The third-order valence-electron chi connectivity index (χ3n) is 4.34. The van der Waals surface area contributed by atoms with Crippen LogP contribution in [0, 0.1) is 0 Å². The highest BCUT2D eigenvalue weighted by atomic mass is 19.4. The molecule has 1 heterocycles. The number of carbonyl (C=O) groups excluding carboxylic acids is 1. The van der Waals surface area contributed by atoms with E-state index < -0.39 is 17.8 Å². The van der Waals surface area contributed by atoms with Crippen LogP contribution in [0.3, 0.4) is 0 Å². The average Bonchev–Trinajstić information content (AvgIpc) is 2.66. The van der Waals surface area contributed by atoms with Gasteiger partial charge < -0.3 is 20.3 Å². The van der Waals surface area contributed by atoms with Crippen molar-refractivity contribution in [2.75, 3.05) is 32.8 Å². The molecular weight excluding hydrogens is 385 g/mol. The van der Waals surface area contributed by atoms with Gasteiger partial charge in [-0.2, -0.15) is 13.2 Å². The zero-order valence-corrected chi connectivity index (χ0v) is 17.1. The van der Waals surface area contributed by atoms with E-state index >= 15 is 0 Å². The molecule has 0 aliphatic carbocycles. The van der Waals surface area contributed by atoms with Crippen LogP contribution in [0.25, 0.3) is 0 Å².